The van der Waals surface area contributed by atoms with Crippen LogP contribution in [-0.2, 0) is 6.42 Å². The number of nitrogens with zero attached hydrogens (tertiary/aromatic N) is 4. The van der Waals surface area contributed by atoms with Gasteiger partial charge in [0.25, 0.3) is 5.91 Å². The lowest BCUT2D eigenvalue weighted by atomic mass is 10.0. The Labute approximate surface area is 197 Å². The van der Waals surface area contributed by atoms with Crippen molar-refractivity contribution >= 4 is 23.1 Å². The van der Waals surface area contributed by atoms with Gasteiger partial charge in [-0.15, -0.1) is 0 Å². The molecule has 2 aliphatic rings. The van der Waals surface area contributed by atoms with Gasteiger partial charge in [-0.05, 0) is 57.7 Å². The molecule has 8 nitrogen and oxygen atoms in total. The predicted molar refractivity (Wildman–Crippen MR) is 126 cm³/mol. The van der Waals surface area contributed by atoms with E-state index < -0.39 is 5.82 Å². The van der Waals surface area contributed by atoms with Crippen LogP contribution in [0.4, 0.5) is 14.9 Å². The number of amides is 3. The normalized spacial score (nSPS) is 17.4. The second-order valence-corrected chi connectivity index (χ2v) is 8.86. The molecule has 1 unspecified atom stereocenters. The van der Waals surface area contributed by atoms with Crippen LogP contribution in [-0.4, -0.2) is 52.1 Å². The van der Waals surface area contributed by atoms with E-state index in [1.807, 2.05) is 25.7 Å². The molecule has 34 heavy (non-hydrogen) atoms. The van der Waals surface area contributed by atoms with Gasteiger partial charge in [0.1, 0.15) is 5.52 Å². The van der Waals surface area contributed by atoms with E-state index in [2.05, 4.69) is 10.4 Å². The number of ether oxygens (including phenoxy) is 1. The molecule has 3 amide bonds. The van der Waals surface area contributed by atoms with Crippen molar-refractivity contribution in [1.82, 2.24) is 19.8 Å². The van der Waals surface area contributed by atoms with Gasteiger partial charge in [-0.1, -0.05) is 0 Å². The zero-order valence-corrected chi connectivity index (χ0v) is 19.6. The van der Waals surface area contributed by atoms with Crippen LogP contribution < -0.4 is 15.0 Å². The summed E-state index contributed by atoms with van der Waals surface area (Å²) < 4.78 is 23.2. The predicted octanol–water partition coefficient (Wildman–Crippen LogP) is 4.29. The Kier molecular flexibility index (Phi) is 5.63. The van der Waals surface area contributed by atoms with Gasteiger partial charge in [0.05, 0.1) is 17.4 Å². The molecule has 1 fully saturated rings. The Morgan fingerprint density at radius 2 is 2.06 bits per heavy atom. The number of hydrogen-bond acceptors (Lipinski definition) is 4. The first-order chi connectivity index (χ1) is 16.4. The van der Waals surface area contributed by atoms with Gasteiger partial charge in [-0.2, -0.15) is 5.10 Å². The van der Waals surface area contributed by atoms with Crippen LogP contribution in [0.3, 0.4) is 0 Å². The summed E-state index contributed by atoms with van der Waals surface area (Å²) in [6.45, 7) is 7.53. The van der Waals surface area contributed by atoms with Crippen LogP contribution in [0.1, 0.15) is 48.2 Å². The van der Waals surface area contributed by atoms with Crippen LogP contribution in [0.15, 0.2) is 30.6 Å². The molecule has 178 valence electrons. The maximum absolute atomic E-state index is 15.5. The minimum absolute atomic E-state index is 0.0295. The molecule has 0 saturated carbocycles. The molecule has 1 atom stereocenters. The lowest BCUT2D eigenvalue weighted by Crippen LogP contribution is -2.49. The zero-order chi connectivity index (χ0) is 24.0. The minimum atomic E-state index is -0.476. The Bertz CT molecular complexity index is 1290. The lowest BCUT2D eigenvalue weighted by molar-refractivity contribution is 0.0501. The zero-order valence-electron chi connectivity index (χ0n) is 19.6. The van der Waals surface area contributed by atoms with Gasteiger partial charge in [-0.25, -0.2) is 13.7 Å². The standard InChI is InChI=1S/C25H28FN5O3/c1-4-27-25(33)30-12-5-6-17-19(30)7-8-20(22(17)26)34-21-9-11-28-31-14-18(16(3)23(21)31)24(32)29-13-10-15(29)2/h7-9,11,14-15H,4-6,10,12-13H2,1-3H3,(H,27,33). The Morgan fingerprint density at radius 1 is 1.24 bits per heavy atom. The third-order valence-corrected chi connectivity index (χ3v) is 6.78. The van der Waals surface area contributed by atoms with Crippen molar-refractivity contribution in [1.29, 1.82) is 0 Å². The fourth-order valence-corrected chi connectivity index (χ4v) is 4.76. The van der Waals surface area contributed by atoms with Crippen molar-refractivity contribution in [2.45, 2.75) is 46.1 Å². The number of nitrogens with one attached hydrogen (secondary N) is 1. The number of anilines is 1. The number of rotatable bonds is 4. The van der Waals surface area contributed by atoms with E-state index in [4.69, 9.17) is 4.74 Å². The summed E-state index contributed by atoms with van der Waals surface area (Å²) in [6, 6.07) is 4.94. The highest BCUT2D eigenvalue weighted by atomic mass is 19.1. The molecular formula is C25H28FN5O3. The van der Waals surface area contributed by atoms with Crippen LogP contribution in [0.2, 0.25) is 0 Å². The van der Waals surface area contributed by atoms with Crippen molar-refractivity contribution in [3.63, 3.8) is 0 Å². The summed E-state index contributed by atoms with van der Waals surface area (Å²) in [5, 5.41) is 7.11. The summed E-state index contributed by atoms with van der Waals surface area (Å²) in [5.74, 6) is -0.0117. The largest absolute Gasteiger partial charge is 0.452 e. The molecule has 5 rings (SSSR count). The smallest absolute Gasteiger partial charge is 0.321 e. The number of likely N-dealkylation sites (tertiary alicyclic amines) is 1. The van der Waals surface area contributed by atoms with E-state index in [1.54, 1.807) is 40.0 Å². The van der Waals surface area contributed by atoms with Gasteiger partial charge in [0, 0.05) is 43.5 Å². The highest BCUT2D eigenvalue weighted by Gasteiger charge is 2.32. The first-order valence-corrected chi connectivity index (χ1v) is 11.7. The first-order valence-electron chi connectivity index (χ1n) is 11.7. The van der Waals surface area contributed by atoms with E-state index in [0.717, 1.165) is 18.5 Å². The molecule has 2 aliphatic heterocycles. The van der Waals surface area contributed by atoms with Crippen molar-refractivity contribution in [3.8, 4) is 11.5 Å². The van der Waals surface area contributed by atoms with Crippen LogP contribution in [0.25, 0.3) is 5.52 Å². The number of urea groups is 1. The monoisotopic (exact) mass is 465 g/mol. The second kappa shape index (κ2) is 8.62. The highest BCUT2D eigenvalue weighted by molar-refractivity contribution is 5.99. The molecule has 0 spiro atoms. The molecule has 0 aliphatic carbocycles. The second-order valence-electron chi connectivity index (χ2n) is 8.86. The number of aromatic nitrogens is 2. The molecular weight excluding hydrogens is 437 g/mol. The van der Waals surface area contributed by atoms with Gasteiger partial charge >= 0.3 is 6.03 Å². The SMILES string of the molecule is CCNC(=O)N1CCCc2c1ccc(Oc1ccnn3cc(C(=O)N4CCC4C)c(C)c13)c2F. The van der Waals surface area contributed by atoms with E-state index in [0.29, 0.717) is 54.0 Å². The first kappa shape index (κ1) is 22.2. The average molecular weight is 466 g/mol. The number of carbonyl (C=O) groups excluding carboxylic acids is 2. The molecule has 9 heteroatoms. The minimum Gasteiger partial charge on any atom is -0.452 e. The number of halogens is 1. The van der Waals surface area contributed by atoms with E-state index >= 15 is 4.39 Å². The summed E-state index contributed by atoms with van der Waals surface area (Å²) in [6.07, 6.45) is 5.47. The number of benzene rings is 1. The van der Waals surface area contributed by atoms with Crippen LogP contribution in [0.5, 0.6) is 11.5 Å². The van der Waals surface area contributed by atoms with Gasteiger partial charge in [-0.3, -0.25) is 9.69 Å². The third kappa shape index (κ3) is 3.55. The van der Waals surface area contributed by atoms with E-state index in [1.165, 1.54) is 0 Å². The molecule has 4 heterocycles. The molecule has 1 aromatic carbocycles. The highest BCUT2D eigenvalue weighted by Crippen LogP contribution is 2.38. The Hall–Kier alpha value is -3.62. The molecule has 2 aromatic heterocycles. The molecule has 1 N–H and O–H groups in total. The number of fused-ring (bicyclic) bond motifs is 2. The van der Waals surface area contributed by atoms with Gasteiger partial charge in [0.15, 0.2) is 17.3 Å². The fourth-order valence-electron chi connectivity index (χ4n) is 4.76. The van der Waals surface area contributed by atoms with Crippen molar-refractivity contribution < 1.29 is 18.7 Å². The third-order valence-electron chi connectivity index (χ3n) is 6.78. The number of aryl methyl sites for hydroxylation is 1. The fraction of sp³-hybridized carbons (Fsp3) is 0.400. The molecule has 3 aromatic rings. The maximum Gasteiger partial charge on any atom is 0.321 e. The quantitative estimate of drug-likeness (QED) is 0.624. The van der Waals surface area contributed by atoms with Crippen LogP contribution >= 0.6 is 0 Å². The topological polar surface area (TPSA) is 79.2 Å². The van der Waals surface area contributed by atoms with Gasteiger partial charge < -0.3 is 15.0 Å². The van der Waals surface area contributed by atoms with Gasteiger partial charge in [0.2, 0.25) is 0 Å². The van der Waals surface area contributed by atoms with Crippen molar-refractivity contribution in [3.05, 3.63) is 53.1 Å². The van der Waals surface area contributed by atoms with Crippen LogP contribution in [0, 0.1) is 12.7 Å². The lowest BCUT2D eigenvalue weighted by Gasteiger charge is -2.38. The molecule has 0 bridgehead atoms. The molecule has 1 saturated heterocycles. The van der Waals surface area contributed by atoms with E-state index in [9.17, 15) is 9.59 Å². The average Bonchev–Trinajstić information content (AvgIpc) is 3.17. The van der Waals surface area contributed by atoms with E-state index in [-0.39, 0.29) is 23.7 Å². The number of hydrogen-bond donors (Lipinski definition) is 1. The van der Waals surface area contributed by atoms with Crippen molar-refractivity contribution in [2.24, 2.45) is 0 Å². The Balaban J connectivity index is 1.49. The Morgan fingerprint density at radius 3 is 2.76 bits per heavy atom. The number of carbonyl (C=O) groups is 2. The maximum atomic E-state index is 15.5. The summed E-state index contributed by atoms with van der Waals surface area (Å²) in [5.41, 5.74) is 2.97. The van der Waals surface area contributed by atoms with Crippen molar-refractivity contribution in [2.75, 3.05) is 24.5 Å². The molecule has 0 radical (unpaired) electrons. The summed E-state index contributed by atoms with van der Waals surface area (Å²) in [4.78, 5) is 28.8. The summed E-state index contributed by atoms with van der Waals surface area (Å²) >= 11 is 0. The summed E-state index contributed by atoms with van der Waals surface area (Å²) in [7, 11) is 0.